The Morgan fingerprint density at radius 3 is 2.48 bits per heavy atom. The highest BCUT2D eigenvalue weighted by molar-refractivity contribution is 5.67. The molecule has 5 nitrogen and oxygen atoms in total. The third-order valence-corrected chi connectivity index (χ3v) is 5.28. The molecule has 0 aromatic heterocycles. The number of amides is 1. The molecule has 2 atom stereocenters. The van der Waals surface area contributed by atoms with Crippen molar-refractivity contribution in [2.24, 2.45) is 17.6 Å². The summed E-state index contributed by atoms with van der Waals surface area (Å²) in [4.78, 5) is 14.1. The number of aliphatic hydroxyl groups is 1. The van der Waals surface area contributed by atoms with Crippen molar-refractivity contribution in [3.63, 3.8) is 0 Å². The molecule has 0 bridgehead atoms. The van der Waals surface area contributed by atoms with Crippen molar-refractivity contribution in [1.82, 2.24) is 4.90 Å². The maximum atomic E-state index is 12.6. The zero-order valence-corrected chi connectivity index (χ0v) is 16.8. The van der Waals surface area contributed by atoms with E-state index in [9.17, 15) is 9.90 Å². The number of ether oxygens (including phenoxy) is 1. The van der Waals surface area contributed by atoms with E-state index in [0.717, 1.165) is 12.0 Å². The van der Waals surface area contributed by atoms with E-state index in [0.29, 0.717) is 12.5 Å². The van der Waals surface area contributed by atoms with E-state index in [4.69, 9.17) is 10.5 Å². The van der Waals surface area contributed by atoms with Crippen molar-refractivity contribution in [1.29, 1.82) is 0 Å². The molecule has 1 aliphatic carbocycles. The van der Waals surface area contributed by atoms with Crippen molar-refractivity contribution in [3.8, 4) is 0 Å². The summed E-state index contributed by atoms with van der Waals surface area (Å²) in [5, 5.41) is 10.6. The van der Waals surface area contributed by atoms with Crippen LogP contribution in [0.15, 0.2) is 30.3 Å². The lowest BCUT2D eigenvalue weighted by Gasteiger charge is -2.31. The zero-order valence-electron chi connectivity index (χ0n) is 16.8. The number of rotatable bonds is 9. The summed E-state index contributed by atoms with van der Waals surface area (Å²) >= 11 is 0. The van der Waals surface area contributed by atoms with Crippen LogP contribution in [0.3, 0.4) is 0 Å². The molecule has 27 heavy (non-hydrogen) atoms. The average Bonchev–Trinajstić information content (AvgIpc) is 2.66. The molecule has 152 valence electrons. The van der Waals surface area contributed by atoms with Crippen LogP contribution in [0.2, 0.25) is 0 Å². The summed E-state index contributed by atoms with van der Waals surface area (Å²) < 4.78 is 5.46. The molecule has 1 fully saturated rings. The minimum absolute atomic E-state index is 0.222. The summed E-state index contributed by atoms with van der Waals surface area (Å²) in [6.07, 6.45) is 5.95. The summed E-state index contributed by atoms with van der Waals surface area (Å²) in [5.74, 6) is 0.892. The summed E-state index contributed by atoms with van der Waals surface area (Å²) in [6.45, 7) is 5.09. The molecule has 5 heteroatoms. The Hall–Kier alpha value is -1.59. The highest BCUT2D eigenvalue weighted by atomic mass is 16.6. The lowest BCUT2D eigenvalue weighted by atomic mass is 9.84. The number of carbonyl (C=O) groups is 1. The van der Waals surface area contributed by atoms with Gasteiger partial charge < -0.3 is 20.5 Å². The zero-order chi connectivity index (χ0) is 19.6. The van der Waals surface area contributed by atoms with Gasteiger partial charge in [0.2, 0.25) is 0 Å². The van der Waals surface area contributed by atoms with Crippen molar-refractivity contribution in [2.45, 2.75) is 71.1 Å². The van der Waals surface area contributed by atoms with E-state index in [1.165, 1.54) is 32.1 Å². The second-order valence-electron chi connectivity index (χ2n) is 8.31. The van der Waals surface area contributed by atoms with E-state index in [1.807, 2.05) is 44.2 Å². The van der Waals surface area contributed by atoms with Gasteiger partial charge in [-0.25, -0.2) is 4.79 Å². The Morgan fingerprint density at radius 1 is 1.19 bits per heavy atom. The summed E-state index contributed by atoms with van der Waals surface area (Å²) in [6, 6.07) is 9.32. The van der Waals surface area contributed by atoms with Crippen LogP contribution in [-0.4, -0.2) is 41.3 Å². The summed E-state index contributed by atoms with van der Waals surface area (Å²) in [7, 11) is 0. The quantitative estimate of drug-likeness (QED) is 0.684. The minimum Gasteiger partial charge on any atom is -0.445 e. The molecule has 0 radical (unpaired) electrons. The van der Waals surface area contributed by atoms with Gasteiger partial charge in [0.15, 0.2) is 0 Å². The van der Waals surface area contributed by atoms with Crippen LogP contribution in [0.1, 0.15) is 57.9 Å². The molecule has 1 saturated carbocycles. The summed E-state index contributed by atoms with van der Waals surface area (Å²) in [5.41, 5.74) is 7.21. The van der Waals surface area contributed by atoms with Gasteiger partial charge in [0.25, 0.3) is 0 Å². The second-order valence-corrected chi connectivity index (χ2v) is 8.31. The average molecular weight is 377 g/mol. The number of nitrogens with zero attached hydrogens (tertiary/aromatic N) is 1. The van der Waals surface area contributed by atoms with Gasteiger partial charge in [0, 0.05) is 12.6 Å². The molecular weight excluding hydrogens is 340 g/mol. The van der Waals surface area contributed by atoms with Crippen LogP contribution in [0, 0.1) is 11.8 Å². The number of aliphatic hydroxyl groups excluding tert-OH is 1. The Bertz CT molecular complexity index is 544. The normalized spacial score (nSPS) is 17.5. The van der Waals surface area contributed by atoms with Crippen LogP contribution in [0.5, 0.6) is 0 Å². The molecule has 2 unspecified atom stereocenters. The van der Waals surface area contributed by atoms with Gasteiger partial charge in [-0.05, 0) is 23.8 Å². The molecule has 0 spiro atoms. The highest BCUT2D eigenvalue weighted by Crippen LogP contribution is 2.27. The van der Waals surface area contributed by atoms with Crippen LogP contribution in [-0.2, 0) is 11.3 Å². The number of hydrogen-bond acceptors (Lipinski definition) is 4. The number of benzene rings is 1. The van der Waals surface area contributed by atoms with Crippen molar-refractivity contribution >= 4 is 6.09 Å². The third-order valence-electron chi connectivity index (χ3n) is 5.28. The first-order valence-electron chi connectivity index (χ1n) is 10.3. The second kappa shape index (κ2) is 11.3. The monoisotopic (exact) mass is 376 g/mol. The van der Waals surface area contributed by atoms with E-state index in [-0.39, 0.29) is 25.1 Å². The first-order valence-corrected chi connectivity index (χ1v) is 10.3. The van der Waals surface area contributed by atoms with Crippen LogP contribution >= 0.6 is 0 Å². The minimum atomic E-state index is -0.727. The van der Waals surface area contributed by atoms with Gasteiger partial charge in [0.1, 0.15) is 6.61 Å². The fourth-order valence-electron chi connectivity index (χ4n) is 3.80. The van der Waals surface area contributed by atoms with Crippen LogP contribution in [0.25, 0.3) is 0 Å². The van der Waals surface area contributed by atoms with Crippen molar-refractivity contribution < 1.29 is 14.6 Å². The van der Waals surface area contributed by atoms with E-state index in [2.05, 4.69) is 0 Å². The molecule has 1 aromatic rings. The molecule has 2 rings (SSSR count). The predicted octanol–water partition coefficient (Wildman–Crippen LogP) is 3.94. The molecule has 0 saturated heterocycles. The SMILES string of the molecule is CC(C)CN(CC(O)C(N)CC1CCCCC1)C(=O)OCc1ccccc1. The Balaban J connectivity index is 1.86. The van der Waals surface area contributed by atoms with Gasteiger partial charge >= 0.3 is 6.09 Å². The molecular formula is C22H36N2O3. The van der Waals surface area contributed by atoms with E-state index >= 15 is 0 Å². The lowest BCUT2D eigenvalue weighted by molar-refractivity contribution is 0.0520. The van der Waals surface area contributed by atoms with Gasteiger partial charge in [-0.3, -0.25) is 0 Å². The molecule has 1 aromatic carbocycles. The molecule has 0 aliphatic heterocycles. The molecule has 1 aliphatic rings. The lowest BCUT2D eigenvalue weighted by Crippen LogP contribution is -2.47. The van der Waals surface area contributed by atoms with Crippen molar-refractivity contribution in [2.75, 3.05) is 13.1 Å². The number of nitrogens with two attached hydrogens (primary N) is 1. The fraction of sp³-hybridized carbons (Fsp3) is 0.682. The molecule has 3 N–H and O–H groups in total. The Kier molecular flexibility index (Phi) is 9.08. The predicted molar refractivity (Wildman–Crippen MR) is 108 cm³/mol. The first kappa shape index (κ1) is 21.7. The maximum Gasteiger partial charge on any atom is 0.410 e. The molecule has 1 amide bonds. The molecule has 0 heterocycles. The largest absolute Gasteiger partial charge is 0.445 e. The first-order chi connectivity index (χ1) is 13.0. The smallest absolute Gasteiger partial charge is 0.410 e. The third kappa shape index (κ3) is 7.89. The van der Waals surface area contributed by atoms with Gasteiger partial charge in [-0.1, -0.05) is 76.3 Å². The van der Waals surface area contributed by atoms with Crippen LogP contribution < -0.4 is 5.73 Å². The maximum absolute atomic E-state index is 12.6. The number of hydrogen-bond donors (Lipinski definition) is 2. The Morgan fingerprint density at radius 2 is 1.85 bits per heavy atom. The van der Waals surface area contributed by atoms with Crippen molar-refractivity contribution in [3.05, 3.63) is 35.9 Å². The van der Waals surface area contributed by atoms with Gasteiger partial charge in [0.05, 0.1) is 12.6 Å². The number of carbonyl (C=O) groups excluding carboxylic acids is 1. The van der Waals surface area contributed by atoms with Gasteiger partial charge in [-0.15, -0.1) is 0 Å². The Labute approximate surface area is 163 Å². The van der Waals surface area contributed by atoms with E-state index < -0.39 is 12.2 Å². The fourth-order valence-corrected chi connectivity index (χ4v) is 3.80. The topological polar surface area (TPSA) is 75.8 Å². The van der Waals surface area contributed by atoms with E-state index in [1.54, 1.807) is 4.90 Å². The van der Waals surface area contributed by atoms with Gasteiger partial charge in [-0.2, -0.15) is 0 Å². The highest BCUT2D eigenvalue weighted by Gasteiger charge is 2.26. The standard InChI is InChI=1S/C22H36N2O3/c1-17(2)14-24(22(26)27-16-19-11-7-4-8-12-19)15-21(25)20(23)13-18-9-5-3-6-10-18/h4,7-8,11-12,17-18,20-21,25H,3,5-6,9-10,13-16,23H2,1-2H3. The van der Waals surface area contributed by atoms with Crippen LogP contribution in [0.4, 0.5) is 4.79 Å².